The van der Waals surface area contributed by atoms with Crippen molar-refractivity contribution in [3.63, 3.8) is 0 Å². The maximum atomic E-state index is 5.45. The molecule has 1 heterocycles. The summed E-state index contributed by atoms with van der Waals surface area (Å²) in [6.07, 6.45) is 1.85. The highest BCUT2D eigenvalue weighted by Crippen LogP contribution is 2.19. The first kappa shape index (κ1) is 13.7. The van der Waals surface area contributed by atoms with Crippen LogP contribution in [0.3, 0.4) is 0 Å². The van der Waals surface area contributed by atoms with Gasteiger partial charge in [0.25, 0.3) is 0 Å². The van der Waals surface area contributed by atoms with E-state index in [9.17, 15) is 0 Å². The van der Waals surface area contributed by atoms with Crippen molar-refractivity contribution in [3.05, 3.63) is 11.4 Å². The van der Waals surface area contributed by atoms with Gasteiger partial charge in [-0.2, -0.15) is 0 Å². The molecule has 0 spiro atoms. The second-order valence-electron chi connectivity index (χ2n) is 3.78. The smallest absolute Gasteiger partial charge is 0.148 e. The molecule has 0 unspecified atom stereocenters. The molecule has 6 heteroatoms. The topological polar surface area (TPSA) is 85.1 Å². The molecule has 0 saturated carbocycles. The first-order valence-corrected chi connectivity index (χ1v) is 5.79. The number of methoxy groups -OCH3 is 1. The van der Waals surface area contributed by atoms with Crippen LogP contribution in [0, 0.1) is 6.92 Å². The molecule has 17 heavy (non-hydrogen) atoms. The van der Waals surface area contributed by atoms with E-state index in [1.54, 1.807) is 7.11 Å². The van der Waals surface area contributed by atoms with Crippen LogP contribution in [0.15, 0.2) is 0 Å². The molecule has 0 amide bonds. The van der Waals surface area contributed by atoms with E-state index in [2.05, 4.69) is 27.6 Å². The van der Waals surface area contributed by atoms with Crippen molar-refractivity contribution in [2.45, 2.75) is 26.7 Å². The van der Waals surface area contributed by atoms with Crippen LogP contribution in [0.25, 0.3) is 0 Å². The van der Waals surface area contributed by atoms with E-state index in [-0.39, 0.29) is 0 Å². The number of aryl methyl sites for hydroxylation is 1. The van der Waals surface area contributed by atoms with E-state index in [1.165, 1.54) is 0 Å². The number of anilines is 2. The molecule has 0 aromatic carbocycles. The highest BCUT2D eigenvalue weighted by Gasteiger charge is 2.09. The minimum atomic E-state index is 0.637. The summed E-state index contributed by atoms with van der Waals surface area (Å²) in [6, 6.07) is 0. The van der Waals surface area contributed by atoms with Gasteiger partial charge in [-0.3, -0.25) is 0 Å². The summed E-state index contributed by atoms with van der Waals surface area (Å²) in [5.41, 5.74) is 3.52. The second-order valence-corrected chi connectivity index (χ2v) is 3.78. The van der Waals surface area contributed by atoms with Gasteiger partial charge in [-0.25, -0.2) is 15.8 Å². The number of nitrogens with two attached hydrogens (primary N) is 1. The molecular weight excluding hydrogens is 218 g/mol. The number of nitrogens with zero attached hydrogens (tertiary/aromatic N) is 2. The molecule has 6 nitrogen and oxygen atoms in total. The van der Waals surface area contributed by atoms with Crippen LogP contribution in [0.1, 0.15) is 24.7 Å². The molecule has 1 aromatic heterocycles. The molecule has 96 valence electrons. The van der Waals surface area contributed by atoms with Crippen LogP contribution >= 0.6 is 0 Å². The molecule has 4 N–H and O–H groups in total. The third kappa shape index (κ3) is 3.83. The number of nitrogens with one attached hydrogen (secondary N) is 2. The van der Waals surface area contributed by atoms with Gasteiger partial charge in [-0.05, 0) is 13.3 Å². The number of ether oxygens (including phenoxy) is 1. The number of hydrazine groups is 1. The molecule has 0 saturated heterocycles. The lowest BCUT2D eigenvalue weighted by molar-refractivity contribution is 0.210. The Morgan fingerprint density at radius 1 is 1.29 bits per heavy atom. The monoisotopic (exact) mass is 239 g/mol. The third-order valence-electron chi connectivity index (χ3n) is 2.40. The van der Waals surface area contributed by atoms with Crippen molar-refractivity contribution in [2.24, 2.45) is 5.84 Å². The average molecular weight is 239 g/mol. The SMILES string of the molecule is CCCc1nc(NN)c(C)c(NCCOC)n1. The maximum absolute atomic E-state index is 5.45. The zero-order valence-electron chi connectivity index (χ0n) is 10.7. The van der Waals surface area contributed by atoms with Gasteiger partial charge in [-0.15, -0.1) is 0 Å². The van der Waals surface area contributed by atoms with Gasteiger partial charge in [0.05, 0.1) is 6.61 Å². The standard InChI is InChI=1S/C11H21N5O/c1-4-5-9-14-10(13-6-7-17-3)8(2)11(15-9)16-12/h4-7,12H2,1-3H3,(H2,13,14,15,16). The second kappa shape index (κ2) is 7.03. The molecule has 1 rings (SSSR count). The van der Waals surface area contributed by atoms with Gasteiger partial charge in [0.15, 0.2) is 0 Å². The van der Waals surface area contributed by atoms with Crippen molar-refractivity contribution in [1.29, 1.82) is 0 Å². The minimum Gasteiger partial charge on any atom is -0.383 e. The number of rotatable bonds is 7. The highest BCUT2D eigenvalue weighted by atomic mass is 16.5. The van der Waals surface area contributed by atoms with Crippen LogP contribution in [-0.4, -0.2) is 30.2 Å². The summed E-state index contributed by atoms with van der Waals surface area (Å²) >= 11 is 0. The Bertz CT molecular complexity index is 356. The highest BCUT2D eigenvalue weighted by molar-refractivity contribution is 5.56. The molecule has 0 fully saturated rings. The number of hydrogen-bond donors (Lipinski definition) is 3. The Morgan fingerprint density at radius 3 is 2.59 bits per heavy atom. The lowest BCUT2D eigenvalue weighted by Crippen LogP contribution is -2.16. The van der Waals surface area contributed by atoms with Crippen molar-refractivity contribution < 1.29 is 4.74 Å². The predicted octanol–water partition coefficient (Wildman–Crippen LogP) is 1.08. The van der Waals surface area contributed by atoms with Crippen molar-refractivity contribution in [2.75, 3.05) is 31.0 Å². The van der Waals surface area contributed by atoms with Gasteiger partial charge in [-0.1, -0.05) is 6.92 Å². The zero-order chi connectivity index (χ0) is 12.7. The Balaban J connectivity index is 2.88. The van der Waals surface area contributed by atoms with E-state index in [0.29, 0.717) is 19.0 Å². The number of nitrogen functional groups attached to an aromatic ring is 1. The largest absolute Gasteiger partial charge is 0.383 e. The van der Waals surface area contributed by atoms with Crippen LogP contribution in [-0.2, 0) is 11.2 Å². The predicted molar refractivity (Wildman–Crippen MR) is 68.9 cm³/mol. The van der Waals surface area contributed by atoms with E-state index in [4.69, 9.17) is 10.6 Å². The Labute approximate surface area is 102 Å². The molecule has 0 bridgehead atoms. The fourth-order valence-electron chi connectivity index (χ4n) is 1.48. The summed E-state index contributed by atoms with van der Waals surface area (Å²) in [4.78, 5) is 8.82. The van der Waals surface area contributed by atoms with Crippen LogP contribution in [0.5, 0.6) is 0 Å². The Kier molecular flexibility index (Phi) is 5.65. The fourth-order valence-corrected chi connectivity index (χ4v) is 1.48. The molecule has 0 radical (unpaired) electrons. The quantitative estimate of drug-likeness (QED) is 0.375. The van der Waals surface area contributed by atoms with Gasteiger partial charge in [0.2, 0.25) is 0 Å². The van der Waals surface area contributed by atoms with Crippen LogP contribution < -0.4 is 16.6 Å². The average Bonchev–Trinajstić information content (AvgIpc) is 2.33. The first-order valence-electron chi connectivity index (χ1n) is 5.79. The third-order valence-corrected chi connectivity index (χ3v) is 2.40. The first-order chi connectivity index (χ1) is 8.22. The minimum absolute atomic E-state index is 0.637. The number of hydrogen-bond acceptors (Lipinski definition) is 6. The van der Waals surface area contributed by atoms with Crippen molar-refractivity contribution in [1.82, 2.24) is 9.97 Å². The Morgan fingerprint density at radius 2 is 2.00 bits per heavy atom. The van der Waals surface area contributed by atoms with Gasteiger partial charge >= 0.3 is 0 Å². The Hall–Kier alpha value is -1.40. The summed E-state index contributed by atoms with van der Waals surface area (Å²) in [5, 5.41) is 3.22. The van der Waals surface area contributed by atoms with Gasteiger partial charge in [0.1, 0.15) is 17.5 Å². The number of aromatic nitrogens is 2. The van der Waals surface area contributed by atoms with Gasteiger partial charge < -0.3 is 15.5 Å². The summed E-state index contributed by atoms with van der Waals surface area (Å²) in [7, 11) is 1.67. The normalized spacial score (nSPS) is 10.4. The fraction of sp³-hybridized carbons (Fsp3) is 0.636. The summed E-state index contributed by atoms with van der Waals surface area (Å²) in [5.74, 6) is 7.73. The van der Waals surface area contributed by atoms with E-state index in [1.807, 2.05) is 6.92 Å². The molecule has 0 atom stereocenters. The maximum Gasteiger partial charge on any atom is 0.148 e. The van der Waals surface area contributed by atoms with Crippen molar-refractivity contribution >= 4 is 11.6 Å². The molecule has 0 aliphatic heterocycles. The van der Waals surface area contributed by atoms with E-state index in [0.717, 1.165) is 30.0 Å². The summed E-state index contributed by atoms with van der Waals surface area (Å²) < 4.78 is 4.99. The molecular formula is C11H21N5O. The van der Waals surface area contributed by atoms with E-state index < -0.39 is 0 Å². The lowest BCUT2D eigenvalue weighted by Gasteiger charge is -2.13. The summed E-state index contributed by atoms with van der Waals surface area (Å²) in [6.45, 7) is 5.37. The van der Waals surface area contributed by atoms with Crippen LogP contribution in [0.2, 0.25) is 0 Å². The zero-order valence-corrected chi connectivity index (χ0v) is 10.7. The van der Waals surface area contributed by atoms with Crippen molar-refractivity contribution in [3.8, 4) is 0 Å². The molecule has 0 aliphatic rings. The van der Waals surface area contributed by atoms with Crippen LogP contribution in [0.4, 0.5) is 11.6 Å². The molecule has 0 aliphatic carbocycles. The van der Waals surface area contributed by atoms with Gasteiger partial charge in [0, 0.05) is 25.6 Å². The lowest BCUT2D eigenvalue weighted by atomic mass is 10.2. The molecule has 1 aromatic rings. The van der Waals surface area contributed by atoms with E-state index >= 15 is 0 Å².